The molecule has 0 unspecified atom stereocenters. The van der Waals surface area contributed by atoms with E-state index in [2.05, 4.69) is 0 Å². The third-order valence-electron chi connectivity index (χ3n) is 8.98. The minimum atomic E-state index is -4.80. The number of aromatic nitrogens is 2. The summed E-state index contributed by atoms with van der Waals surface area (Å²) < 4.78 is 71.3. The first-order valence-corrected chi connectivity index (χ1v) is 17.7. The van der Waals surface area contributed by atoms with Crippen LogP contribution in [0.15, 0.2) is 92.7 Å². The van der Waals surface area contributed by atoms with Gasteiger partial charge in [-0.15, -0.1) is 0 Å². The summed E-state index contributed by atoms with van der Waals surface area (Å²) in [6.45, 7) is 8.37. The van der Waals surface area contributed by atoms with Crippen LogP contribution in [0, 0.1) is 51.0 Å². The number of halogens is 4. The Morgan fingerprint density at radius 1 is 0.558 bits per heavy atom. The van der Waals surface area contributed by atoms with Crippen LogP contribution in [0.25, 0.3) is 0 Å². The third kappa shape index (κ3) is 5.05. The van der Waals surface area contributed by atoms with Crippen LogP contribution in [0.3, 0.4) is 0 Å². The molecule has 0 saturated carbocycles. The van der Waals surface area contributed by atoms with Crippen molar-refractivity contribution in [3.63, 3.8) is 0 Å². The van der Waals surface area contributed by atoms with Gasteiger partial charge in [-0.3, -0.25) is 0 Å². The molecule has 0 saturated heterocycles. The van der Waals surface area contributed by atoms with Gasteiger partial charge in [-0.05, 0) is 0 Å². The summed E-state index contributed by atoms with van der Waals surface area (Å²) >= 11 is -4.80. The predicted octanol–water partition coefficient (Wildman–Crippen LogP) is 7.97. The van der Waals surface area contributed by atoms with Gasteiger partial charge in [-0.2, -0.15) is 0 Å². The molecule has 2 aromatic heterocycles. The van der Waals surface area contributed by atoms with Crippen LogP contribution in [0.1, 0.15) is 46.7 Å². The van der Waals surface area contributed by atoms with Gasteiger partial charge in [0.05, 0.1) is 0 Å². The Hall–Kier alpha value is -3.61. The molecule has 2 heterocycles. The molecule has 0 radical (unpaired) electrons. The van der Waals surface area contributed by atoms with Crippen LogP contribution in [-0.4, -0.2) is 9.13 Å². The first-order chi connectivity index (χ1) is 20.6. The Labute approximate surface area is 253 Å². The molecular formula is C36H34F4N2Ti. The minimum absolute atomic E-state index is 0.169. The van der Waals surface area contributed by atoms with Crippen molar-refractivity contribution in [1.29, 1.82) is 0 Å². The van der Waals surface area contributed by atoms with E-state index in [1.807, 2.05) is 97.6 Å². The quantitative estimate of drug-likeness (QED) is 0.140. The Balaban J connectivity index is 1.56. The standard InChI is InChI=1S/2C13H12F2N.2C5H5.Ti/c2*1-9-3-4-10(2)16(9)8-11-5-12(14)7-13(15)6-11;2*1-2-4-5-3-1;/h2*3-6H,8H2,1-2H3;2*1-3H,4H2;. The molecule has 220 valence electrons. The normalized spacial score (nSPS) is 14.6. The molecule has 4 aromatic rings. The van der Waals surface area contributed by atoms with E-state index in [9.17, 15) is 0 Å². The van der Waals surface area contributed by atoms with Gasteiger partial charge in [0.2, 0.25) is 0 Å². The molecule has 0 aliphatic heterocycles. The molecule has 43 heavy (non-hydrogen) atoms. The molecule has 2 aliphatic carbocycles. The summed E-state index contributed by atoms with van der Waals surface area (Å²) in [5.41, 5.74) is 4.84. The molecule has 6 rings (SSSR count). The average Bonchev–Trinajstić information content (AvgIpc) is 3.77. The molecule has 0 spiro atoms. The first-order valence-electron chi connectivity index (χ1n) is 14.6. The SMILES string of the molecule is Cc1ccc(C)n1Cc1cc(F)[c]([Ti]([C]2=CC=CC2)([C]2=CC=CC2)[c]2c(F)cc(Cn3c(C)ccc3C)cc2F)c(F)c1. The Morgan fingerprint density at radius 2 is 0.884 bits per heavy atom. The van der Waals surface area contributed by atoms with Gasteiger partial charge in [0.1, 0.15) is 0 Å². The van der Waals surface area contributed by atoms with Gasteiger partial charge in [-0.25, -0.2) is 0 Å². The van der Waals surface area contributed by atoms with Gasteiger partial charge in [0.15, 0.2) is 0 Å². The number of nitrogens with zero attached hydrogens (tertiary/aromatic N) is 2. The molecular weight excluding hydrogens is 584 g/mol. The fourth-order valence-corrected chi connectivity index (χ4v) is 15.0. The van der Waals surface area contributed by atoms with Crippen molar-refractivity contribution in [3.8, 4) is 0 Å². The second kappa shape index (κ2) is 11.5. The van der Waals surface area contributed by atoms with Crippen molar-refractivity contribution in [1.82, 2.24) is 9.13 Å². The second-order valence-corrected chi connectivity index (χ2v) is 17.6. The average molecular weight is 619 g/mol. The number of aryl methyl sites for hydroxylation is 4. The number of benzene rings is 2. The molecule has 0 bridgehead atoms. The maximum atomic E-state index is 16.6. The van der Waals surface area contributed by atoms with E-state index in [0.29, 0.717) is 44.8 Å². The van der Waals surface area contributed by atoms with Gasteiger partial charge in [0, 0.05) is 0 Å². The maximum absolute atomic E-state index is 16.6. The number of hydrogen-bond donors (Lipinski definition) is 0. The summed E-state index contributed by atoms with van der Waals surface area (Å²) in [6.07, 6.45) is 11.8. The first kappa shape index (κ1) is 29.5. The number of allylic oxidation sites excluding steroid dienone is 8. The fourth-order valence-electron chi connectivity index (χ4n) is 6.84. The fraction of sp³-hybridized carbons (Fsp3) is 0.222. The van der Waals surface area contributed by atoms with Crippen LogP contribution < -0.4 is 7.74 Å². The third-order valence-corrected chi connectivity index (χ3v) is 17.0. The van der Waals surface area contributed by atoms with Crippen LogP contribution in [0.2, 0.25) is 0 Å². The molecule has 0 amide bonds. The molecule has 0 fully saturated rings. The van der Waals surface area contributed by atoms with Crippen LogP contribution in [0.4, 0.5) is 17.6 Å². The van der Waals surface area contributed by atoms with Crippen molar-refractivity contribution in [2.75, 3.05) is 0 Å². The van der Waals surface area contributed by atoms with Crippen molar-refractivity contribution in [2.24, 2.45) is 0 Å². The Bertz CT molecular complexity index is 1650. The zero-order valence-electron chi connectivity index (χ0n) is 24.8. The van der Waals surface area contributed by atoms with Gasteiger partial charge < -0.3 is 0 Å². The van der Waals surface area contributed by atoms with Gasteiger partial charge in [0.25, 0.3) is 0 Å². The monoisotopic (exact) mass is 618 g/mol. The van der Waals surface area contributed by atoms with E-state index in [1.54, 1.807) is 0 Å². The summed E-state index contributed by atoms with van der Waals surface area (Å²) in [6, 6.07) is 13.3. The zero-order valence-corrected chi connectivity index (χ0v) is 26.4. The Kier molecular flexibility index (Phi) is 7.86. The van der Waals surface area contributed by atoms with Crippen LogP contribution >= 0.6 is 0 Å². The second-order valence-electron chi connectivity index (χ2n) is 11.7. The van der Waals surface area contributed by atoms with E-state index < -0.39 is 39.9 Å². The summed E-state index contributed by atoms with van der Waals surface area (Å²) in [5, 5.41) is 0. The summed E-state index contributed by atoms with van der Waals surface area (Å²) in [5.74, 6) is -3.00. The molecule has 2 aromatic carbocycles. The van der Waals surface area contributed by atoms with E-state index in [1.165, 1.54) is 24.3 Å². The van der Waals surface area contributed by atoms with Crippen molar-refractivity contribution >= 4 is 7.74 Å². The zero-order chi connectivity index (χ0) is 30.5. The van der Waals surface area contributed by atoms with E-state index in [-0.39, 0.29) is 7.74 Å². The number of hydrogen-bond acceptors (Lipinski definition) is 0. The van der Waals surface area contributed by atoms with Crippen molar-refractivity contribution < 1.29 is 34.2 Å². The predicted molar refractivity (Wildman–Crippen MR) is 162 cm³/mol. The summed E-state index contributed by atoms with van der Waals surface area (Å²) in [4.78, 5) is 0. The van der Waals surface area contributed by atoms with E-state index in [4.69, 9.17) is 0 Å². The molecule has 2 aliphatic rings. The Morgan fingerprint density at radius 3 is 1.16 bits per heavy atom. The van der Waals surface area contributed by atoms with E-state index in [0.717, 1.165) is 22.8 Å². The van der Waals surface area contributed by atoms with Gasteiger partial charge >= 0.3 is 255 Å². The van der Waals surface area contributed by atoms with Crippen LogP contribution in [0.5, 0.6) is 0 Å². The molecule has 0 atom stereocenters. The topological polar surface area (TPSA) is 9.86 Å². The van der Waals surface area contributed by atoms with Crippen LogP contribution in [-0.2, 0) is 29.7 Å². The number of rotatable bonds is 8. The van der Waals surface area contributed by atoms with Crippen molar-refractivity contribution in [2.45, 2.75) is 53.6 Å². The summed E-state index contributed by atoms with van der Waals surface area (Å²) in [7, 11) is 0. The van der Waals surface area contributed by atoms with Crippen molar-refractivity contribution in [3.05, 3.63) is 150 Å². The van der Waals surface area contributed by atoms with Gasteiger partial charge in [-0.1, -0.05) is 0 Å². The molecule has 7 heteroatoms. The molecule has 2 nitrogen and oxygen atoms in total. The van der Waals surface area contributed by atoms with E-state index >= 15 is 17.6 Å². The molecule has 0 N–H and O–H groups in total.